The molecule has 2 unspecified atom stereocenters. The van der Waals surface area contributed by atoms with E-state index in [0.717, 1.165) is 34.2 Å². The van der Waals surface area contributed by atoms with Crippen molar-refractivity contribution in [3.05, 3.63) is 27.7 Å². The Balaban J connectivity index is 1.88. The zero-order valence-electron chi connectivity index (χ0n) is 11.4. The van der Waals surface area contributed by atoms with Crippen LogP contribution in [0.3, 0.4) is 0 Å². The predicted octanol–water partition coefficient (Wildman–Crippen LogP) is 4.07. The maximum atomic E-state index is 6.42. The topological polar surface area (TPSA) is 15.3 Å². The smallest absolute Gasteiger partial charge is 0.0650 e. The average molecular weight is 344 g/mol. The van der Waals surface area contributed by atoms with Crippen molar-refractivity contribution in [2.75, 3.05) is 18.0 Å². The highest BCUT2D eigenvalue weighted by molar-refractivity contribution is 9.10. The summed E-state index contributed by atoms with van der Waals surface area (Å²) in [4.78, 5) is 2.46. The van der Waals surface area contributed by atoms with Crippen LogP contribution in [0, 0.1) is 5.92 Å². The highest BCUT2D eigenvalue weighted by Gasteiger charge is 2.45. The fourth-order valence-corrected chi connectivity index (χ4v) is 3.87. The highest BCUT2D eigenvalue weighted by Crippen LogP contribution is 2.43. The fraction of sp³-hybridized carbons (Fsp3) is 0.600. The minimum Gasteiger partial charge on any atom is -0.364 e. The quantitative estimate of drug-likeness (QED) is 0.871. The van der Waals surface area contributed by atoms with Crippen molar-refractivity contribution in [2.45, 2.75) is 38.3 Å². The molecule has 4 heteroatoms. The fourth-order valence-electron chi connectivity index (χ4n) is 3.09. The van der Waals surface area contributed by atoms with Crippen molar-refractivity contribution in [1.82, 2.24) is 5.32 Å². The van der Waals surface area contributed by atoms with Crippen molar-refractivity contribution in [3.8, 4) is 0 Å². The summed E-state index contributed by atoms with van der Waals surface area (Å²) in [6, 6.07) is 6.66. The lowest BCUT2D eigenvalue weighted by atomic mass is 9.91. The second-order valence-corrected chi connectivity index (χ2v) is 7.47. The monoisotopic (exact) mass is 342 g/mol. The molecule has 19 heavy (non-hydrogen) atoms. The molecule has 1 aliphatic heterocycles. The third-order valence-electron chi connectivity index (χ3n) is 4.53. The molecule has 2 fully saturated rings. The molecule has 0 amide bonds. The van der Waals surface area contributed by atoms with E-state index in [-0.39, 0.29) is 5.54 Å². The Labute approximate surface area is 128 Å². The molecule has 0 spiro atoms. The van der Waals surface area contributed by atoms with Crippen LogP contribution in [-0.4, -0.2) is 24.7 Å². The number of nitrogens with one attached hydrogen (secondary N) is 1. The van der Waals surface area contributed by atoms with E-state index in [2.05, 4.69) is 52.1 Å². The van der Waals surface area contributed by atoms with Gasteiger partial charge in [0.2, 0.25) is 0 Å². The molecule has 2 atom stereocenters. The number of rotatable bonds is 2. The molecular formula is C15H20BrClN2. The van der Waals surface area contributed by atoms with Crippen molar-refractivity contribution >= 4 is 33.2 Å². The Kier molecular flexibility index (Phi) is 3.57. The summed E-state index contributed by atoms with van der Waals surface area (Å²) < 4.78 is 1.04. The number of hydrogen-bond donors (Lipinski definition) is 1. The van der Waals surface area contributed by atoms with E-state index in [1.54, 1.807) is 0 Å². The second-order valence-electron chi connectivity index (χ2n) is 6.15. The lowest BCUT2D eigenvalue weighted by Crippen LogP contribution is -2.63. The Hall–Kier alpha value is -0.250. The molecule has 1 saturated carbocycles. The van der Waals surface area contributed by atoms with Crippen LogP contribution in [0.4, 0.5) is 5.69 Å². The molecule has 0 aromatic heterocycles. The summed E-state index contributed by atoms with van der Waals surface area (Å²) in [5.41, 5.74) is 1.40. The maximum Gasteiger partial charge on any atom is 0.0650 e. The van der Waals surface area contributed by atoms with Gasteiger partial charge in [-0.1, -0.05) is 27.5 Å². The largest absolute Gasteiger partial charge is 0.364 e. The molecule has 0 radical (unpaired) electrons. The van der Waals surface area contributed by atoms with E-state index in [9.17, 15) is 0 Å². The van der Waals surface area contributed by atoms with Crippen molar-refractivity contribution < 1.29 is 0 Å². The van der Waals surface area contributed by atoms with Gasteiger partial charge in [-0.05, 0) is 50.8 Å². The maximum absolute atomic E-state index is 6.42. The summed E-state index contributed by atoms with van der Waals surface area (Å²) in [6.07, 6.45) is 2.72. The minimum atomic E-state index is 0.239. The van der Waals surface area contributed by atoms with Crippen LogP contribution in [0.2, 0.25) is 5.02 Å². The van der Waals surface area contributed by atoms with E-state index in [1.165, 1.54) is 12.8 Å². The molecule has 1 saturated heterocycles. The number of halogens is 2. The molecule has 1 aromatic rings. The molecule has 1 N–H and O–H groups in total. The zero-order chi connectivity index (χ0) is 13.6. The van der Waals surface area contributed by atoms with Crippen molar-refractivity contribution in [3.63, 3.8) is 0 Å². The van der Waals surface area contributed by atoms with Crippen molar-refractivity contribution in [1.29, 1.82) is 0 Å². The Morgan fingerprint density at radius 1 is 1.42 bits per heavy atom. The first kappa shape index (κ1) is 13.7. The summed E-state index contributed by atoms with van der Waals surface area (Å²) in [5.74, 6) is 0.830. The first-order chi connectivity index (χ1) is 8.99. The lowest BCUT2D eigenvalue weighted by Gasteiger charge is -2.47. The second kappa shape index (κ2) is 4.94. The van der Waals surface area contributed by atoms with Crippen LogP contribution in [0.5, 0.6) is 0 Å². The van der Waals surface area contributed by atoms with Crippen LogP contribution in [0.1, 0.15) is 26.7 Å². The molecule has 2 aliphatic rings. The van der Waals surface area contributed by atoms with E-state index in [0.29, 0.717) is 6.04 Å². The third-order valence-corrected chi connectivity index (χ3v) is 5.33. The number of nitrogens with zero attached hydrogens (tertiary/aromatic N) is 1. The van der Waals surface area contributed by atoms with Gasteiger partial charge in [-0.15, -0.1) is 0 Å². The summed E-state index contributed by atoms with van der Waals surface area (Å²) >= 11 is 9.90. The van der Waals surface area contributed by atoms with Crippen LogP contribution in [-0.2, 0) is 0 Å². The average Bonchev–Trinajstić information content (AvgIpc) is 3.17. The van der Waals surface area contributed by atoms with Gasteiger partial charge in [0, 0.05) is 29.1 Å². The summed E-state index contributed by atoms with van der Waals surface area (Å²) in [6.45, 7) is 6.69. The number of piperazine rings is 1. The molecule has 1 aromatic carbocycles. The van der Waals surface area contributed by atoms with Crippen LogP contribution < -0.4 is 10.2 Å². The van der Waals surface area contributed by atoms with Gasteiger partial charge in [-0.3, -0.25) is 0 Å². The van der Waals surface area contributed by atoms with Gasteiger partial charge in [0.05, 0.1) is 10.7 Å². The van der Waals surface area contributed by atoms with E-state index in [4.69, 9.17) is 11.6 Å². The van der Waals surface area contributed by atoms with Gasteiger partial charge in [0.15, 0.2) is 0 Å². The Morgan fingerprint density at radius 2 is 2.16 bits per heavy atom. The molecule has 1 heterocycles. The van der Waals surface area contributed by atoms with Gasteiger partial charge in [0.1, 0.15) is 0 Å². The lowest BCUT2D eigenvalue weighted by molar-refractivity contribution is 0.261. The first-order valence-electron chi connectivity index (χ1n) is 6.96. The van der Waals surface area contributed by atoms with Gasteiger partial charge in [0.25, 0.3) is 0 Å². The van der Waals surface area contributed by atoms with Crippen LogP contribution in [0.25, 0.3) is 0 Å². The Morgan fingerprint density at radius 3 is 2.79 bits per heavy atom. The van der Waals surface area contributed by atoms with Gasteiger partial charge in [-0.25, -0.2) is 0 Å². The predicted molar refractivity (Wildman–Crippen MR) is 85.1 cm³/mol. The minimum absolute atomic E-state index is 0.239. The highest BCUT2D eigenvalue weighted by atomic mass is 79.9. The van der Waals surface area contributed by atoms with Crippen LogP contribution in [0.15, 0.2) is 22.7 Å². The molecule has 1 aliphatic carbocycles. The molecule has 3 rings (SSSR count). The normalized spacial score (nSPS) is 31.6. The number of hydrogen-bond acceptors (Lipinski definition) is 2. The summed E-state index contributed by atoms with van der Waals surface area (Å²) in [5, 5.41) is 4.58. The van der Waals surface area contributed by atoms with Gasteiger partial charge in [-0.2, -0.15) is 0 Å². The number of benzene rings is 1. The van der Waals surface area contributed by atoms with E-state index >= 15 is 0 Å². The molecular weight excluding hydrogens is 324 g/mol. The van der Waals surface area contributed by atoms with E-state index < -0.39 is 0 Å². The molecule has 104 valence electrons. The Bertz CT molecular complexity index is 489. The summed E-state index contributed by atoms with van der Waals surface area (Å²) in [7, 11) is 0. The zero-order valence-corrected chi connectivity index (χ0v) is 13.8. The molecule has 0 bridgehead atoms. The van der Waals surface area contributed by atoms with Gasteiger partial charge >= 0.3 is 0 Å². The number of anilines is 1. The van der Waals surface area contributed by atoms with Crippen LogP contribution >= 0.6 is 27.5 Å². The molecule has 2 nitrogen and oxygen atoms in total. The third kappa shape index (κ3) is 2.65. The first-order valence-corrected chi connectivity index (χ1v) is 8.13. The van der Waals surface area contributed by atoms with E-state index in [1.807, 2.05) is 6.07 Å². The van der Waals surface area contributed by atoms with Gasteiger partial charge < -0.3 is 10.2 Å². The standard InChI is InChI=1S/C15H20BrClN2/c1-10-8-18-15(2,11-3-4-11)9-19(10)14-6-5-12(16)7-13(14)17/h5-7,10-11,18H,3-4,8-9H2,1-2H3. The SMILES string of the molecule is CC1CNC(C)(C2CC2)CN1c1ccc(Br)cc1Cl. The van der Waals surface area contributed by atoms with Crippen molar-refractivity contribution in [2.24, 2.45) is 5.92 Å².